The minimum Gasteiger partial charge on any atom is -0.384 e. The number of rotatable bonds is 8. The zero-order valence-electron chi connectivity index (χ0n) is 11.7. The summed E-state index contributed by atoms with van der Waals surface area (Å²) >= 11 is 0. The Balaban J connectivity index is 3.67. The zero-order valence-corrected chi connectivity index (χ0v) is 11.7. The average Bonchev–Trinajstić information content (AvgIpc) is 2.09. The maximum absolute atomic E-state index is 5.85. The molecule has 0 aromatic carbocycles. The smallest absolute Gasteiger partial charge is 0.142 e. The molecular formula is C13H29BO. The molecule has 15 heavy (non-hydrogen) atoms. The van der Waals surface area contributed by atoms with Gasteiger partial charge in [0.15, 0.2) is 0 Å². The zero-order chi connectivity index (χ0) is 11.9. The Morgan fingerprint density at radius 2 is 1.60 bits per heavy atom. The molecule has 0 aliphatic heterocycles. The Morgan fingerprint density at radius 3 is 2.07 bits per heavy atom. The molecule has 0 heterocycles. The molecule has 0 aromatic heterocycles. The van der Waals surface area contributed by atoms with Crippen LogP contribution in [-0.2, 0) is 4.74 Å². The third kappa shape index (κ3) is 10.3. The second-order valence-corrected chi connectivity index (χ2v) is 6.38. The van der Waals surface area contributed by atoms with Gasteiger partial charge >= 0.3 is 0 Å². The van der Waals surface area contributed by atoms with E-state index in [0.29, 0.717) is 5.41 Å². The third-order valence-corrected chi connectivity index (χ3v) is 2.60. The lowest BCUT2D eigenvalue weighted by molar-refractivity contribution is -0.00770. The lowest BCUT2D eigenvalue weighted by atomic mass is 9.83. The van der Waals surface area contributed by atoms with Crippen LogP contribution in [0.3, 0.4) is 0 Å². The predicted octanol–water partition coefficient (Wildman–Crippen LogP) is 3.37. The van der Waals surface area contributed by atoms with E-state index in [4.69, 9.17) is 4.74 Å². The fraction of sp³-hybridized carbons (Fsp3) is 1.00. The summed E-state index contributed by atoms with van der Waals surface area (Å²) in [6.45, 7) is 12.0. The molecule has 90 valence electrons. The number of ether oxygens (including phenoxy) is 1. The summed E-state index contributed by atoms with van der Waals surface area (Å²) in [6.07, 6.45) is 6.68. The second kappa shape index (κ2) is 6.57. The number of hydrogen-bond acceptors (Lipinski definition) is 1. The predicted molar refractivity (Wildman–Crippen MR) is 71.1 cm³/mol. The molecule has 1 nitrogen and oxygen atoms in total. The van der Waals surface area contributed by atoms with Crippen LogP contribution in [0.2, 0.25) is 0 Å². The molecule has 0 spiro atoms. The van der Waals surface area contributed by atoms with Crippen molar-refractivity contribution in [2.75, 3.05) is 6.61 Å². The lowest BCUT2D eigenvalue weighted by Gasteiger charge is -2.29. The van der Waals surface area contributed by atoms with Gasteiger partial charge in [-0.2, -0.15) is 0 Å². The summed E-state index contributed by atoms with van der Waals surface area (Å²) in [7, 11) is 2.13. The Hall–Kier alpha value is 0.0249. The average molecular weight is 212 g/mol. The molecule has 0 amide bonds. The SMILES string of the molecule is BC(C)(C)OCC(C)(C)CCCCCC. The molecule has 0 saturated carbocycles. The molecule has 0 atom stereocenters. The third-order valence-electron chi connectivity index (χ3n) is 2.60. The molecule has 0 N–H and O–H groups in total. The van der Waals surface area contributed by atoms with Crippen LogP contribution in [0.1, 0.15) is 66.7 Å². The van der Waals surface area contributed by atoms with Gasteiger partial charge < -0.3 is 4.74 Å². The second-order valence-electron chi connectivity index (χ2n) is 6.38. The van der Waals surface area contributed by atoms with Crippen molar-refractivity contribution in [3.05, 3.63) is 0 Å². The van der Waals surface area contributed by atoms with Crippen molar-refractivity contribution in [3.63, 3.8) is 0 Å². The molecule has 0 aromatic rings. The number of unbranched alkanes of at least 4 members (excludes halogenated alkanes) is 3. The van der Waals surface area contributed by atoms with Crippen LogP contribution in [-0.4, -0.2) is 20.0 Å². The quantitative estimate of drug-likeness (QED) is 0.442. The fourth-order valence-corrected chi connectivity index (χ4v) is 1.51. The van der Waals surface area contributed by atoms with E-state index in [0.717, 1.165) is 6.61 Å². The first-order valence-electron chi connectivity index (χ1n) is 6.41. The van der Waals surface area contributed by atoms with E-state index < -0.39 is 0 Å². The highest BCUT2D eigenvalue weighted by Gasteiger charge is 2.21. The summed E-state index contributed by atoms with van der Waals surface area (Å²) in [5.41, 5.74) is 0.335. The van der Waals surface area contributed by atoms with E-state index in [1.165, 1.54) is 32.1 Å². The molecule has 0 fully saturated rings. The van der Waals surface area contributed by atoms with Gasteiger partial charge in [-0.25, -0.2) is 0 Å². The van der Waals surface area contributed by atoms with Crippen molar-refractivity contribution in [2.45, 2.75) is 72.2 Å². The summed E-state index contributed by atoms with van der Waals surface area (Å²) in [5.74, 6) is 0. The van der Waals surface area contributed by atoms with Crippen LogP contribution in [0.15, 0.2) is 0 Å². The lowest BCUT2D eigenvalue weighted by Crippen LogP contribution is -2.30. The highest BCUT2D eigenvalue weighted by atomic mass is 16.5. The van der Waals surface area contributed by atoms with Crippen molar-refractivity contribution >= 4 is 7.85 Å². The van der Waals surface area contributed by atoms with Crippen LogP contribution < -0.4 is 0 Å². The molecule has 0 aliphatic rings. The molecule has 2 heteroatoms. The first kappa shape index (κ1) is 15.0. The maximum atomic E-state index is 5.85. The van der Waals surface area contributed by atoms with Crippen LogP contribution in [0.4, 0.5) is 0 Å². The minimum atomic E-state index is 0.000683. The summed E-state index contributed by atoms with van der Waals surface area (Å²) in [4.78, 5) is 0. The van der Waals surface area contributed by atoms with Crippen LogP contribution in [0, 0.1) is 5.41 Å². The molecule has 0 unspecified atom stereocenters. The standard InChI is InChI=1S/C13H29BO/c1-6-7-8-9-10-12(2,3)11-15-13(4,5)14/h6-11,14H2,1-5H3. The molecule has 0 rings (SSSR count). The van der Waals surface area contributed by atoms with Crippen LogP contribution >= 0.6 is 0 Å². The summed E-state index contributed by atoms with van der Waals surface area (Å²) < 4.78 is 5.85. The highest BCUT2D eigenvalue weighted by Crippen LogP contribution is 2.25. The van der Waals surface area contributed by atoms with Gasteiger partial charge in [0.25, 0.3) is 0 Å². The van der Waals surface area contributed by atoms with Crippen molar-refractivity contribution < 1.29 is 4.74 Å². The van der Waals surface area contributed by atoms with Gasteiger partial charge in [0.2, 0.25) is 0 Å². The molecule has 0 saturated heterocycles. The van der Waals surface area contributed by atoms with Crippen molar-refractivity contribution in [1.82, 2.24) is 0 Å². The Morgan fingerprint density at radius 1 is 1.00 bits per heavy atom. The topological polar surface area (TPSA) is 9.23 Å². The van der Waals surface area contributed by atoms with E-state index in [1.807, 2.05) is 0 Å². The molecule has 0 bridgehead atoms. The van der Waals surface area contributed by atoms with E-state index in [9.17, 15) is 0 Å². The van der Waals surface area contributed by atoms with Crippen molar-refractivity contribution in [2.24, 2.45) is 5.41 Å². The monoisotopic (exact) mass is 212 g/mol. The van der Waals surface area contributed by atoms with E-state index >= 15 is 0 Å². The van der Waals surface area contributed by atoms with Crippen molar-refractivity contribution in [3.8, 4) is 0 Å². The Kier molecular flexibility index (Phi) is 6.58. The van der Waals surface area contributed by atoms with Gasteiger partial charge in [0.1, 0.15) is 7.85 Å². The largest absolute Gasteiger partial charge is 0.384 e. The Labute approximate surface area is 97.4 Å². The summed E-state index contributed by atoms with van der Waals surface area (Å²) in [6, 6.07) is 0. The van der Waals surface area contributed by atoms with Gasteiger partial charge in [-0.3, -0.25) is 0 Å². The van der Waals surface area contributed by atoms with E-state index in [-0.39, 0.29) is 5.50 Å². The van der Waals surface area contributed by atoms with Gasteiger partial charge in [-0.1, -0.05) is 46.5 Å². The molecule has 0 aliphatic carbocycles. The normalized spacial score (nSPS) is 13.1. The minimum absolute atomic E-state index is 0.000683. The molecule has 0 radical (unpaired) electrons. The van der Waals surface area contributed by atoms with E-state index in [2.05, 4.69) is 42.5 Å². The van der Waals surface area contributed by atoms with Crippen LogP contribution in [0.25, 0.3) is 0 Å². The van der Waals surface area contributed by atoms with Gasteiger partial charge in [0.05, 0.1) is 6.61 Å². The fourth-order valence-electron chi connectivity index (χ4n) is 1.51. The van der Waals surface area contributed by atoms with Gasteiger partial charge in [-0.05, 0) is 25.7 Å². The molecular weight excluding hydrogens is 183 g/mol. The first-order chi connectivity index (χ1) is 6.77. The van der Waals surface area contributed by atoms with Crippen LogP contribution in [0.5, 0.6) is 0 Å². The van der Waals surface area contributed by atoms with Gasteiger partial charge in [-0.15, -0.1) is 0 Å². The van der Waals surface area contributed by atoms with Crippen molar-refractivity contribution in [1.29, 1.82) is 0 Å². The Bertz CT molecular complexity index is 158. The number of hydrogen-bond donors (Lipinski definition) is 0. The summed E-state index contributed by atoms with van der Waals surface area (Å²) in [5, 5.41) is 0. The highest BCUT2D eigenvalue weighted by molar-refractivity contribution is 6.13. The van der Waals surface area contributed by atoms with E-state index in [1.54, 1.807) is 0 Å². The first-order valence-corrected chi connectivity index (χ1v) is 6.41. The van der Waals surface area contributed by atoms with Gasteiger partial charge in [0, 0.05) is 5.50 Å². The maximum Gasteiger partial charge on any atom is 0.142 e.